The topological polar surface area (TPSA) is 32.3 Å². The van der Waals surface area contributed by atoms with Gasteiger partial charge in [0, 0.05) is 20.1 Å². The molecule has 86 valence electrons. The van der Waals surface area contributed by atoms with Crippen molar-refractivity contribution in [1.29, 1.82) is 0 Å². The summed E-state index contributed by atoms with van der Waals surface area (Å²) in [4.78, 5) is 13.5. The Morgan fingerprint density at radius 2 is 2.25 bits per heavy atom. The van der Waals surface area contributed by atoms with Gasteiger partial charge in [0.25, 0.3) is 5.91 Å². The lowest BCUT2D eigenvalue weighted by Crippen LogP contribution is -2.57. The number of nitrogens with zero attached hydrogens (tertiary/aromatic N) is 1. The van der Waals surface area contributed by atoms with Gasteiger partial charge >= 0.3 is 0 Å². The van der Waals surface area contributed by atoms with E-state index in [1.54, 1.807) is 18.0 Å². The summed E-state index contributed by atoms with van der Waals surface area (Å²) in [6.45, 7) is 1.51. The second kappa shape index (κ2) is 4.39. The summed E-state index contributed by atoms with van der Waals surface area (Å²) in [5.41, 5.74) is 0.0295. The average molecular weight is 243 g/mol. The van der Waals surface area contributed by atoms with Gasteiger partial charge in [-0.1, -0.05) is 17.7 Å². The monoisotopic (exact) mass is 242 g/mol. The molecule has 0 radical (unpaired) electrons. The molecule has 3 nitrogen and oxygen atoms in total. The molecule has 1 aromatic rings. The second-order valence-electron chi connectivity index (χ2n) is 3.83. The van der Waals surface area contributed by atoms with Crippen LogP contribution in [0.4, 0.5) is 4.39 Å². The van der Waals surface area contributed by atoms with Crippen LogP contribution in [0.5, 0.6) is 0 Å². The van der Waals surface area contributed by atoms with Crippen LogP contribution in [0, 0.1) is 5.82 Å². The maximum absolute atomic E-state index is 13.6. The number of carbonyl (C=O) groups excluding carboxylic acids is 1. The van der Waals surface area contributed by atoms with Crippen molar-refractivity contribution in [3.63, 3.8) is 0 Å². The van der Waals surface area contributed by atoms with Crippen LogP contribution in [0.15, 0.2) is 18.2 Å². The lowest BCUT2D eigenvalue weighted by Gasteiger charge is -2.35. The zero-order valence-electron chi connectivity index (χ0n) is 8.84. The minimum absolute atomic E-state index is 0.0222. The van der Waals surface area contributed by atoms with E-state index in [9.17, 15) is 9.18 Å². The molecule has 1 fully saturated rings. The Morgan fingerprint density at radius 1 is 1.56 bits per heavy atom. The lowest BCUT2D eigenvalue weighted by molar-refractivity contribution is 0.0676. The second-order valence-corrected chi connectivity index (χ2v) is 4.24. The number of benzene rings is 1. The van der Waals surface area contributed by atoms with Crippen molar-refractivity contribution in [2.45, 2.75) is 6.04 Å². The molecular weight excluding hydrogens is 231 g/mol. The number of rotatable bonds is 2. The molecule has 2 rings (SSSR count). The molecule has 0 unspecified atom stereocenters. The molecule has 1 heterocycles. The first-order chi connectivity index (χ1) is 7.61. The highest BCUT2D eigenvalue weighted by Crippen LogP contribution is 2.20. The smallest absolute Gasteiger partial charge is 0.256 e. The van der Waals surface area contributed by atoms with E-state index < -0.39 is 5.82 Å². The predicted octanol–water partition coefficient (Wildman–Crippen LogP) is 1.52. The summed E-state index contributed by atoms with van der Waals surface area (Å²) in [6, 6.07) is 4.60. The number of amides is 1. The Labute approximate surface area is 98.2 Å². The van der Waals surface area contributed by atoms with Crippen LogP contribution >= 0.6 is 11.6 Å². The van der Waals surface area contributed by atoms with E-state index in [0.29, 0.717) is 0 Å². The van der Waals surface area contributed by atoms with Crippen molar-refractivity contribution in [2.24, 2.45) is 0 Å². The number of halogens is 2. The summed E-state index contributed by atoms with van der Waals surface area (Å²) < 4.78 is 13.6. The Morgan fingerprint density at radius 3 is 2.81 bits per heavy atom. The van der Waals surface area contributed by atoms with Crippen LogP contribution in [-0.4, -0.2) is 37.0 Å². The van der Waals surface area contributed by atoms with E-state index in [-0.39, 0.29) is 22.5 Å². The van der Waals surface area contributed by atoms with Gasteiger partial charge in [-0.25, -0.2) is 4.39 Å². The van der Waals surface area contributed by atoms with Crippen LogP contribution in [0.2, 0.25) is 5.02 Å². The van der Waals surface area contributed by atoms with E-state index >= 15 is 0 Å². The quantitative estimate of drug-likeness (QED) is 0.853. The first-order valence-electron chi connectivity index (χ1n) is 5.03. The van der Waals surface area contributed by atoms with Gasteiger partial charge < -0.3 is 10.2 Å². The van der Waals surface area contributed by atoms with Crippen molar-refractivity contribution < 1.29 is 9.18 Å². The third kappa shape index (κ3) is 1.90. The van der Waals surface area contributed by atoms with Gasteiger partial charge in [0.15, 0.2) is 5.82 Å². The van der Waals surface area contributed by atoms with Gasteiger partial charge in [-0.15, -0.1) is 0 Å². The molecule has 1 saturated heterocycles. The molecule has 0 aliphatic carbocycles. The van der Waals surface area contributed by atoms with Gasteiger partial charge in [-0.2, -0.15) is 0 Å². The van der Waals surface area contributed by atoms with E-state index in [4.69, 9.17) is 11.6 Å². The molecule has 1 N–H and O–H groups in total. The summed E-state index contributed by atoms with van der Waals surface area (Å²) in [7, 11) is 1.67. The molecule has 0 aromatic heterocycles. The number of likely N-dealkylation sites (N-methyl/N-ethyl adjacent to an activating group) is 1. The van der Waals surface area contributed by atoms with Crippen molar-refractivity contribution in [3.8, 4) is 0 Å². The highest BCUT2D eigenvalue weighted by Gasteiger charge is 2.27. The summed E-state index contributed by atoms with van der Waals surface area (Å²) in [6.07, 6.45) is 0. The number of nitrogens with one attached hydrogen (secondary N) is 1. The fraction of sp³-hybridized carbons (Fsp3) is 0.364. The highest BCUT2D eigenvalue weighted by atomic mass is 35.5. The van der Waals surface area contributed by atoms with Crippen LogP contribution in [0.3, 0.4) is 0 Å². The molecule has 16 heavy (non-hydrogen) atoms. The van der Waals surface area contributed by atoms with Crippen LogP contribution < -0.4 is 5.32 Å². The summed E-state index contributed by atoms with van der Waals surface area (Å²) in [5.74, 6) is -0.972. The van der Waals surface area contributed by atoms with Gasteiger partial charge in [0.2, 0.25) is 0 Å². The first-order valence-corrected chi connectivity index (χ1v) is 5.41. The Balaban J connectivity index is 2.22. The molecule has 1 amide bonds. The highest BCUT2D eigenvalue weighted by molar-refractivity contribution is 6.31. The maximum atomic E-state index is 13.6. The number of hydrogen-bond acceptors (Lipinski definition) is 2. The van der Waals surface area contributed by atoms with E-state index in [1.807, 2.05) is 0 Å². The van der Waals surface area contributed by atoms with Crippen LogP contribution in [-0.2, 0) is 0 Å². The van der Waals surface area contributed by atoms with Gasteiger partial charge in [-0.05, 0) is 12.1 Å². The zero-order chi connectivity index (χ0) is 11.7. The van der Waals surface area contributed by atoms with Crippen molar-refractivity contribution in [2.75, 3.05) is 20.1 Å². The summed E-state index contributed by atoms with van der Waals surface area (Å²) in [5, 5.41) is 3.04. The SMILES string of the molecule is CN(C(=O)c1cccc(Cl)c1F)C1CNC1. The Kier molecular flexibility index (Phi) is 3.12. The summed E-state index contributed by atoms with van der Waals surface area (Å²) >= 11 is 5.63. The zero-order valence-corrected chi connectivity index (χ0v) is 9.59. The first kappa shape index (κ1) is 11.4. The van der Waals surface area contributed by atoms with Crippen LogP contribution in [0.25, 0.3) is 0 Å². The number of hydrogen-bond donors (Lipinski definition) is 1. The fourth-order valence-electron chi connectivity index (χ4n) is 1.57. The van der Waals surface area contributed by atoms with Gasteiger partial charge in [0.05, 0.1) is 16.6 Å². The molecular formula is C11H12ClFN2O. The van der Waals surface area contributed by atoms with Crippen molar-refractivity contribution in [1.82, 2.24) is 10.2 Å². The van der Waals surface area contributed by atoms with Crippen molar-refractivity contribution >= 4 is 17.5 Å². The molecule has 0 bridgehead atoms. The third-order valence-electron chi connectivity index (χ3n) is 2.81. The molecule has 5 heteroatoms. The van der Waals surface area contributed by atoms with Crippen molar-refractivity contribution in [3.05, 3.63) is 34.6 Å². The van der Waals surface area contributed by atoms with Gasteiger partial charge in [-0.3, -0.25) is 4.79 Å². The number of carbonyl (C=O) groups is 1. The minimum atomic E-state index is -0.645. The average Bonchev–Trinajstić information content (AvgIpc) is 2.18. The Bertz CT molecular complexity index is 420. The Hall–Kier alpha value is -1.13. The molecule has 0 spiro atoms. The predicted molar refractivity (Wildman–Crippen MR) is 60.2 cm³/mol. The molecule has 1 aromatic carbocycles. The molecule has 1 aliphatic heterocycles. The molecule has 0 saturated carbocycles. The minimum Gasteiger partial charge on any atom is -0.336 e. The maximum Gasteiger partial charge on any atom is 0.256 e. The third-order valence-corrected chi connectivity index (χ3v) is 3.10. The van der Waals surface area contributed by atoms with E-state index in [0.717, 1.165) is 13.1 Å². The largest absolute Gasteiger partial charge is 0.336 e. The van der Waals surface area contributed by atoms with E-state index in [1.165, 1.54) is 12.1 Å². The normalized spacial score (nSPS) is 15.7. The van der Waals surface area contributed by atoms with Crippen LogP contribution in [0.1, 0.15) is 10.4 Å². The lowest BCUT2D eigenvalue weighted by atomic mass is 10.1. The molecule has 1 aliphatic rings. The van der Waals surface area contributed by atoms with E-state index in [2.05, 4.69) is 5.32 Å². The fourth-order valence-corrected chi connectivity index (χ4v) is 1.75. The molecule has 0 atom stereocenters. The standard InChI is InChI=1S/C11H12ClFN2O/c1-15(7-5-14-6-7)11(16)8-3-2-4-9(12)10(8)13/h2-4,7,14H,5-6H2,1H3. The van der Waals surface area contributed by atoms with Gasteiger partial charge in [0.1, 0.15) is 0 Å².